The Morgan fingerprint density at radius 1 is 1.08 bits per heavy atom. The molecule has 0 heterocycles. The Bertz CT molecular complexity index is 674. The molecule has 0 aliphatic rings. The van der Waals surface area contributed by atoms with E-state index in [1.54, 1.807) is 7.11 Å². The molecular formula is C21H28ClNO3. The lowest BCUT2D eigenvalue weighted by Gasteiger charge is -2.15. The fraction of sp³-hybridized carbons (Fsp3) is 0.429. The van der Waals surface area contributed by atoms with Gasteiger partial charge >= 0.3 is 0 Å². The van der Waals surface area contributed by atoms with Crippen molar-refractivity contribution in [3.63, 3.8) is 0 Å². The van der Waals surface area contributed by atoms with Crippen molar-refractivity contribution in [3.05, 3.63) is 58.1 Å². The predicted molar refractivity (Wildman–Crippen MR) is 106 cm³/mol. The fourth-order valence-electron chi connectivity index (χ4n) is 2.53. The van der Waals surface area contributed by atoms with Gasteiger partial charge < -0.3 is 19.5 Å². The van der Waals surface area contributed by atoms with Gasteiger partial charge in [0.2, 0.25) is 0 Å². The quantitative estimate of drug-likeness (QED) is 0.573. The van der Waals surface area contributed by atoms with E-state index in [2.05, 4.69) is 36.5 Å². The van der Waals surface area contributed by atoms with E-state index in [-0.39, 0.29) is 0 Å². The topological polar surface area (TPSA) is 39.7 Å². The van der Waals surface area contributed by atoms with Crippen LogP contribution in [0.2, 0.25) is 5.02 Å². The molecule has 0 amide bonds. The predicted octanol–water partition coefficient (Wildman–Crippen LogP) is 4.75. The Morgan fingerprint density at radius 2 is 1.85 bits per heavy atom. The molecule has 2 aromatic rings. The summed E-state index contributed by atoms with van der Waals surface area (Å²) in [6.07, 6.45) is 0.983. The van der Waals surface area contributed by atoms with Gasteiger partial charge in [-0.2, -0.15) is 0 Å². The molecular weight excluding hydrogens is 350 g/mol. The summed E-state index contributed by atoms with van der Waals surface area (Å²) in [5, 5.41) is 3.94. The van der Waals surface area contributed by atoms with Crippen molar-refractivity contribution in [2.45, 2.75) is 33.4 Å². The Hall–Kier alpha value is -1.75. The first kappa shape index (κ1) is 20.6. The third-order valence-electron chi connectivity index (χ3n) is 3.97. The zero-order valence-corrected chi connectivity index (χ0v) is 16.6. The Balaban J connectivity index is 1.94. The molecule has 5 heteroatoms. The van der Waals surface area contributed by atoms with Crippen LogP contribution in [0.3, 0.4) is 0 Å². The highest BCUT2D eigenvalue weighted by atomic mass is 35.5. The lowest BCUT2D eigenvalue weighted by Crippen LogP contribution is -2.16. The largest absolute Gasteiger partial charge is 0.493 e. The highest BCUT2D eigenvalue weighted by Gasteiger charge is 2.12. The van der Waals surface area contributed by atoms with Crippen LogP contribution in [-0.2, 0) is 17.9 Å². The summed E-state index contributed by atoms with van der Waals surface area (Å²) < 4.78 is 16.7. The summed E-state index contributed by atoms with van der Waals surface area (Å²) in [4.78, 5) is 0. The van der Waals surface area contributed by atoms with Crippen LogP contribution in [0.5, 0.6) is 11.5 Å². The maximum Gasteiger partial charge on any atom is 0.180 e. The number of hydrogen-bond acceptors (Lipinski definition) is 4. The first-order valence-electron chi connectivity index (χ1n) is 8.97. The van der Waals surface area contributed by atoms with E-state index >= 15 is 0 Å². The van der Waals surface area contributed by atoms with Crippen LogP contribution < -0.4 is 14.8 Å². The van der Waals surface area contributed by atoms with Crippen molar-refractivity contribution in [2.24, 2.45) is 0 Å². The number of nitrogens with one attached hydrogen (secondary N) is 1. The van der Waals surface area contributed by atoms with Gasteiger partial charge in [0.05, 0.1) is 12.1 Å². The van der Waals surface area contributed by atoms with Gasteiger partial charge in [-0.1, -0.05) is 41.4 Å². The van der Waals surface area contributed by atoms with Gasteiger partial charge in [-0.15, -0.1) is 0 Å². The minimum absolute atomic E-state index is 0.450. The molecule has 2 aromatic carbocycles. The van der Waals surface area contributed by atoms with Crippen LogP contribution in [0.1, 0.15) is 30.0 Å². The number of hydrogen-bond donors (Lipinski definition) is 1. The van der Waals surface area contributed by atoms with Gasteiger partial charge in [-0.05, 0) is 50.1 Å². The lowest BCUT2D eigenvalue weighted by molar-refractivity contribution is 0.144. The molecule has 142 valence electrons. The van der Waals surface area contributed by atoms with Crippen LogP contribution in [0.4, 0.5) is 0 Å². The van der Waals surface area contributed by atoms with Gasteiger partial charge in [-0.25, -0.2) is 0 Å². The second-order valence-corrected chi connectivity index (χ2v) is 6.52. The molecule has 4 nitrogen and oxygen atoms in total. The number of rotatable bonds is 11. The molecule has 0 aliphatic heterocycles. The zero-order chi connectivity index (χ0) is 18.8. The average molecular weight is 378 g/mol. The Labute approximate surface area is 161 Å². The first-order chi connectivity index (χ1) is 12.6. The third kappa shape index (κ3) is 6.52. The summed E-state index contributed by atoms with van der Waals surface area (Å²) >= 11 is 6.43. The highest BCUT2D eigenvalue weighted by molar-refractivity contribution is 6.32. The Kier molecular flexibility index (Phi) is 8.75. The number of methoxy groups -OCH3 is 1. The van der Waals surface area contributed by atoms with Crippen molar-refractivity contribution in [2.75, 3.05) is 26.9 Å². The molecule has 0 aromatic heterocycles. The highest BCUT2D eigenvalue weighted by Crippen LogP contribution is 2.37. The average Bonchev–Trinajstić information content (AvgIpc) is 2.64. The van der Waals surface area contributed by atoms with Crippen molar-refractivity contribution in [1.82, 2.24) is 5.32 Å². The van der Waals surface area contributed by atoms with Gasteiger partial charge in [0, 0.05) is 19.8 Å². The monoisotopic (exact) mass is 377 g/mol. The van der Waals surface area contributed by atoms with E-state index in [0.717, 1.165) is 43.9 Å². The molecule has 26 heavy (non-hydrogen) atoms. The molecule has 0 aliphatic carbocycles. The van der Waals surface area contributed by atoms with Crippen LogP contribution in [0.25, 0.3) is 0 Å². The van der Waals surface area contributed by atoms with Gasteiger partial charge in [0.1, 0.15) is 6.61 Å². The maximum atomic E-state index is 6.43. The van der Waals surface area contributed by atoms with Crippen molar-refractivity contribution < 1.29 is 14.2 Å². The van der Waals surface area contributed by atoms with Crippen molar-refractivity contribution >= 4 is 11.6 Å². The first-order valence-corrected chi connectivity index (χ1v) is 9.35. The van der Waals surface area contributed by atoms with E-state index in [1.165, 1.54) is 5.56 Å². The van der Waals surface area contributed by atoms with Gasteiger partial charge in [-0.3, -0.25) is 0 Å². The number of ether oxygens (including phenoxy) is 3. The SMILES string of the molecule is CCOCCCNCc1cc(Cl)c(OCc2ccc(C)cc2)c(OC)c1. The summed E-state index contributed by atoms with van der Waals surface area (Å²) in [7, 11) is 1.63. The molecule has 0 radical (unpaired) electrons. The molecule has 1 N–H and O–H groups in total. The number of halogens is 1. The smallest absolute Gasteiger partial charge is 0.180 e. The van der Waals surface area contributed by atoms with Gasteiger partial charge in [0.15, 0.2) is 11.5 Å². The summed E-state index contributed by atoms with van der Waals surface area (Å²) in [6.45, 7) is 7.67. The van der Waals surface area contributed by atoms with E-state index < -0.39 is 0 Å². The van der Waals surface area contributed by atoms with Crippen molar-refractivity contribution in [1.29, 1.82) is 0 Å². The Morgan fingerprint density at radius 3 is 2.54 bits per heavy atom. The van der Waals surface area contributed by atoms with Crippen LogP contribution in [-0.4, -0.2) is 26.9 Å². The standard InChI is InChI=1S/C21H28ClNO3/c1-4-25-11-5-10-23-14-18-12-19(22)21(20(13-18)24-3)26-15-17-8-6-16(2)7-9-17/h6-9,12-13,23H,4-5,10-11,14-15H2,1-3H3. The second-order valence-electron chi connectivity index (χ2n) is 6.11. The van der Waals surface area contributed by atoms with Crippen LogP contribution in [0, 0.1) is 6.92 Å². The minimum atomic E-state index is 0.450. The number of aryl methyl sites for hydroxylation is 1. The summed E-state index contributed by atoms with van der Waals surface area (Å²) in [5.74, 6) is 1.23. The van der Waals surface area contributed by atoms with Gasteiger partial charge in [0.25, 0.3) is 0 Å². The molecule has 0 atom stereocenters. The molecule has 0 saturated heterocycles. The minimum Gasteiger partial charge on any atom is -0.493 e. The van der Waals surface area contributed by atoms with Crippen LogP contribution >= 0.6 is 11.6 Å². The fourth-order valence-corrected chi connectivity index (χ4v) is 2.82. The normalized spacial score (nSPS) is 10.8. The third-order valence-corrected chi connectivity index (χ3v) is 4.25. The van der Waals surface area contributed by atoms with E-state index in [1.807, 2.05) is 19.1 Å². The summed E-state index contributed by atoms with van der Waals surface area (Å²) in [5.41, 5.74) is 3.38. The zero-order valence-electron chi connectivity index (χ0n) is 15.8. The molecule has 0 fully saturated rings. The van der Waals surface area contributed by atoms with E-state index in [0.29, 0.717) is 23.1 Å². The molecule has 0 bridgehead atoms. The second kappa shape index (κ2) is 11.1. The molecule has 0 spiro atoms. The van der Waals surface area contributed by atoms with E-state index in [9.17, 15) is 0 Å². The van der Waals surface area contributed by atoms with Crippen LogP contribution in [0.15, 0.2) is 36.4 Å². The molecule has 0 unspecified atom stereocenters. The molecule has 2 rings (SSSR count). The maximum absolute atomic E-state index is 6.43. The number of benzene rings is 2. The summed E-state index contributed by atoms with van der Waals surface area (Å²) in [6, 6.07) is 12.1. The van der Waals surface area contributed by atoms with Crippen molar-refractivity contribution in [3.8, 4) is 11.5 Å². The lowest BCUT2D eigenvalue weighted by atomic mass is 10.1. The van der Waals surface area contributed by atoms with E-state index in [4.69, 9.17) is 25.8 Å². The molecule has 0 saturated carbocycles.